The molecule has 0 saturated carbocycles. The van der Waals surface area contributed by atoms with Gasteiger partial charge in [-0.15, -0.1) is 0 Å². The minimum absolute atomic E-state index is 0.0570. The molecule has 0 saturated heterocycles. The van der Waals surface area contributed by atoms with Gasteiger partial charge in [0.25, 0.3) is 5.91 Å². The van der Waals surface area contributed by atoms with Crippen molar-refractivity contribution in [3.8, 4) is 5.75 Å². The molecule has 0 unspecified atom stereocenters. The molecule has 0 radical (unpaired) electrons. The van der Waals surface area contributed by atoms with Crippen LogP contribution in [0.4, 0.5) is 5.82 Å². The maximum Gasteiger partial charge on any atom is 0.257 e. The Morgan fingerprint density at radius 3 is 2.29 bits per heavy atom. The highest BCUT2D eigenvalue weighted by molar-refractivity contribution is 6.10. The van der Waals surface area contributed by atoms with Crippen LogP contribution in [0.15, 0.2) is 77.9 Å². The van der Waals surface area contributed by atoms with E-state index in [1.165, 1.54) is 10.2 Å². The number of carbonyl (C=O) groups is 1. The molecule has 2 aromatic heterocycles. The summed E-state index contributed by atoms with van der Waals surface area (Å²) in [5.74, 6) is 0.571. The van der Waals surface area contributed by atoms with Gasteiger partial charge in [0, 0.05) is 6.54 Å². The Morgan fingerprint density at radius 2 is 1.66 bits per heavy atom. The number of nitrogens with two attached hydrogens (primary N) is 1. The van der Waals surface area contributed by atoms with Gasteiger partial charge in [-0.2, -0.15) is 9.78 Å². The standard InChI is InChI=1S/C30H30N6O2/c1-30(2,3)21-13-9-20(10-14-21)18-33-36-27(31)25(26-28(36)35-24-8-6-5-7-23(24)34-26)29(37)32-17-19-11-15-22(38-4)16-12-19/h5-16,18H,17,31H2,1-4H3,(H,32,37)/b33-18-. The molecule has 0 atom stereocenters. The molecule has 5 aromatic rings. The second kappa shape index (κ2) is 9.97. The van der Waals surface area contributed by atoms with Gasteiger partial charge in [-0.3, -0.25) is 4.79 Å². The summed E-state index contributed by atoms with van der Waals surface area (Å²) >= 11 is 0. The second-order valence-corrected chi connectivity index (χ2v) is 10.1. The molecule has 5 rings (SSSR count). The average molecular weight is 507 g/mol. The summed E-state index contributed by atoms with van der Waals surface area (Å²) in [6, 6.07) is 23.2. The van der Waals surface area contributed by atoms with Crippen LogP contribution in [-0.4, -0.2) is 33.9 Å². The van der Waals surface area contributed by atoms with E-state index in [4.69, 9.17) is 20.4 Å². The first-order chi connectivity index (χ1) is 18.2. The molecular formula is C30H30N6O2. The van der Waals surface area contributed by atoms with Crippen LogP contribution in [0.1, 0.15) is 47.8 Å². The van der Waals surface area contributed by atoms with Crippen molar-refractivity contribution < 1.29 is 9.53 Å². The summed E-state index contributed by atoms with van der Waals surface area (Å²) < 4.78 is 6.69. The third-order valence-corrected chi connectivity index (χ3v) is 6.41. The van der Waals surface area contributed by atoms with E-state index < -0.39 is 0 Å². The van der Waals surface area contributed by atoms with Crippen LogP contribution in [-0.2, 0) is 12.0 Å². The van der Waals surface area contributed by atoms with Crippen LogP contribution >= 0.6 is 0 Å². The lowest BCUT2D eigenvalue weighted by atomic mass is 9.87. The number of methoxy groups -OCH3 is 1. The third kappa shape index (κ3) is 4.93. The molecular weight excluding hydrogens is 476 g/mol. The molecule has 192 valence electrons. The fourth-order valence-electron chi connectivity index (χ4n) is 4.20. The molecule has 0 aliphatic rings. The number of para-hydroxylation sites is 2. The lowest BCUT2D eigenvalue weighted by Gasteiger charge is -2.18. The van der Waals surface area contributed by atoms with Crippen molar-refractivity contribution in [3.63, 3.8) is 0 Å². The van der Waals surface area contributed by atoms with Gasteiger partial charge in [0.05, 0.1) is 24.4 Å². The third-order valence-electron chi connectivity index (χ3n) is 6.41. The van der Waals surface area contributed by atoms with E-state index in [0.29, 0.717) is 28.7 Å². The summed E-state index contributed by atoms with van der Waals surface area (Å²) in [7, 11) is 1.61. The quantitative estimate of drug-likeness (QED) is 0.305. The number of nitrogen functional groups attached to an aromatic ring is 1. The van der Waals surface area contributed by atoms with E-state index >= 15 is 0 Å². The minimum Gasteiger partial charge on any atom is -0.497 e. The zero-order valence-electron chi connectivity index (χ0n) is 21.9. The van der Waals surface area contributed by atoms with Gasteiger partial charge in [-0.25, -0.2) is 9.97 Å². The number of fused-ring (bicyclic) bond motifs is 2. The fraction of sp³-hybridized carbons (Fsp3) is 0.200. The van der Waals surface area contributed by atoms with Gasteiger partial charge < -0.3 is 15.8 Å². The number of carbonyl (C=O) groups excluding carboxylic acids is 1. The van der Waals surface area contributed by atoms with Gasteiger partial charge in [0.1, 0.15) is 22.6 Å². The van der Waals surface area contributed by atoms with E-state index in [-0.39, 0.29) is 22.7 Å². The molecule has 3 aromatic carbocycles. The fourth-order valence-corrected chi connectivity index (χ4v) is 4.20. The summed E-state index contributed by atoms with van der Waals surface area (Å²) in [4.78, 5) is 22.9. The molecule has 0 aliphatic carbocycles. The second-order valence-electron chi connectivity index (χ2n) is 10.1. The van der Waals surface area contributed by atoms with Gasteiger partial charge in [-0.1, -0.05) is 69.3 Å². The first-order valence-electron chi connectivity index (χ1n) is 12.4. The van der Waals surface area contributed by atoms with Crippen LogP contribution in [0.25, 0.3) is 22.2 Å². The van der Waals surface area contributed by atoms with Crippen LogP contribution < -0.4 is 15.8 Å². The highest BCUT2D eigenvalue weighted by Gasteiger charge is 2.24. The molecule has 0 fully saturated rings. The Bertz CT molecular complexity index is 1650. The number of amides is 1. The maximum atomic E-state index is 13.4. The Morgan fingerprint density at radius 1 is 1.00 bits per heavy atom. The highest BCUT2D eigenvalue weighted by Crippen LogP contribution is 2.28. The predicted octanol–water partition coefficient (Wildman–Crippen LogP) is 5.29. The van der Waals surface area contributed by atoms with Crippen molar-refractivity contribution in [2.75, 3.05) is 12.8 Å². The molecule has 8 nitrogen and oxygen atoms in total. The molecule has 38 heavy (non-hydrogen) atoms. The molecule has 0 bridgehead atoms. The molecule has 8 heteroatoms. The number of hydrogen-bond donors (Lipinski definition) is 2. The van der Waals surface area contributed by atoms with Crippen LogP contribution in [0.3, 0.4) is 0 Å². The van der Waals surface area contributed by atoms with E-state index in [1.807, 2.05) is 60.7 Å². The van der Waals surface area contributed by atoms with Crippen LogP contribution in [0.5, 0.6) is 5.75 Å². The molecule has 2 heterocycles. The molecule has 0 aliphatic heterocycles. The molecule has 3 N–H and O–H groups in total. The summed E-state index contributed by atoms with van der Waals surface area (Å²) in [5, 5.41) is 7.56. The Balaban J connectivity index is 1.52. The van der Waals surface area contributed by atoms with Gasteiger partial charge in [-0.05, 0) is 46.4 Å². The first kappa shape index (κ1) is 25.0. The van der Waals surface area contributed by atoms with Crippen molar-refractivity contribution in [1.82, 2.24) is 20.0 Å². The van der Waals surface area contributed by atoms with Crippen molar-refractivity contribution in [2.24, 2.45) is 5.10 Å². The lowest BCUT2D eigenvalue weighted by molar-refractivity contribution is 0.0953. The lowest BCUT2D eigenvalue weighted by Crippen LogP contribution is -2.23. The van der Waals surface area contributed by atoms with E-state index in [1.54, 1.807) is 13.3 Å². The van der Waals surface area contributed by atoms with Crippen molar-refractivity contribution in [2.45, 2.75) is 32.7 Å². The van der Waals surface area contributed by atoms with Gasteiger partial charge >= 0.3 is 0 Å². The number of anilines is 1. The van der Waals surface area contributed by atoms with E-state index in [9.17, 15) is 4.79 Å². The number of hydrogen-bond acceptors (Lipinski definition) is 6. The molecule has 1 amide bonds. The topological polar surface area (TPSA) is 107 Å². The Kier molecular flexibility index (Phi) is 6.55. The monoisotopic (exact) mass is 506 g/mol. The van der Waals surface area contributed by atoms with Crippen molar-refractivity contribution in [1.29, 1.82) is 0 Å². The van der Waals surface area contributed by atoms with Crippen LogP contribution in [0.2, 0.25) is 0 Å². The predicted molar refractivity (Wildman–Crippen MR) is 152 cm³/mol. The maximum absolute atomic E-state index is 13.4. The van der Waals surface area contributed by atoms with E-state index in [2.05, 4.69) is 43.3 Å². The van der Waals surface area contributed by atoms with Crippen molar-refractivity contribution >= 4 is 40.1 Å². The van der Waals surface area contributed by atoms with E-state index in [0.717, 1.165) is 16.9 Å². The minimum atomic E-state index is -0.351. The number of nitrogens with one attached hydrogen (secondary N) is 1. The number of benzene rings is 3. The Labute approximate surface area is 221 Å². The van der Waals surface area contributed by atoms with Crippen molar-refractivity contribution in [3.05, 3.63) is 95.1 Å². The summed E-state index contributed by atoms with van der Waals surface area (Å²) in [6.45, 7) is 6.84. The SMILES string of the molecule is COc1ccc(CNC(=O)c2c(N)n(/N=C\c3ccc(C(C)(C)C)cc3)c3nc4ccccc4nc23)cc1. The molecule has 0 spiro atoms. The zero-order chi connectivity index (χ0) is 26.9. The number of nitrogens with zero attached hydrogens (tertiary/aromatic N) is 4. The number of ether oxygens (including phenoxy) is 1. The number of rotatable bonds is 6. The van der Waals surface area contributed by atoms with Crippen LogP contribution in [0, 0.1) is 0 Å². The summed E-state index contributed by atoms with van der Waals surface area (Å²) in [5.41, 5.74) is 12.1. The first-order valence-corrected chi connectivity index (χ1v) is 12.4. The summed E-state index contributed by atoms with van der Waals surface area (Å²) in [6.07, 6.45) is 1.71. The average Bonchev–Trinajstić information content (AvgIpc) is 3.19. The zero-order valence-corrected chi connectivity index (χ0v) is 21.9. The Hall–Kier alpha value is -4.72. The largest absolute Gasteiger partial charge is 0.497 e. The number of aromatic nitrogens is 3. The van der Waals surface area contributed by atoms with Gasteiger partial charge in [0.15, 0.2) is 5.65 Å². The highest BCUT2D eigenvalue weighted by atomic mass is 16.5. The normalized spacial score (nSPS) is 11.9. The van der Waals surface area contributed by atoms with Gasteiger partial charge in [0.2, 0.25) is 0 Å². The smallest absolute Gasteiger partial charge is 0.257 e.